The quantitative estimate of drug-likeness (QED) is 0.661. The minimum atomic E-state index is -0.261. The lowest BCUT2D eigenvalue weighted by atomic mass is 10.2. The third-order valence-corrected chi connectivity index (χ3v) is 5.09. The monoisotopic (exact) mass is 392 g/mol. The lowest BCUT2D eigenvalue weighted by molar-refractivity contribution is -0.125. The van der Waals surface area contributed by atoms with Crippen LogP contribution in [0, 0.1) is 0 Å². The van der Waals surface area contributed by atoms with Gasteiger partial charge in [0.2, 0.25) is 0 Å². The highest BCUT2D eigenvalue weighted by Gasteiger charge is 2.36. The van der Waals surface area contributed by atoms with Gasteiger partial charge in [-0.3, -0.25) is 19.4 Å². The molecule has 7 nitrogen and oxygen atoms in total. The first-order valence-electron chi connectivity index (χ1n) is 9.07. The molecular formula is C19H24N2O5S. The highest BCUT2D eigenvalue weighted by molar-refractivity contribution is 8.18. The molecule has 0 spiro atoms. The van der Waals surface area contributed by atoms with Gasteiger partial charge in [-0.15, -0.1) is 0 Å². The molecule has 0 saturated carbocycles. The van der Waals surface area contributed by atoms with E-state index in [1.165, 1.54) is 4.90 Å². The molecule has 0 radical (unpaired) electrons. The van der Waals surface area contributed by atoms with E-state index in [9.17, 15) is 9.59 Å². The summed E-state index contributed by atoms with van der Waals surface area (Å²) in [5.41, 5.74) is 0.791. The second-order valence-electron chi connectivity index (χ2n) is 6.05. The second-order valence-corrected chi connectivity index (χ2v) is 7.05. The lowest BCUT2D eigenvalue weighted by Gasteiger charge is -2.29. The van der Waals surface area contributed by atoms with Crippen molar-refractivity contribution < 1.29 is 23.8 Å². The molecule has 2 fully saturated rings. The van der Waals surface area contributed by atoms with Gasteiger partial charge in [0, 0.05) is 13.1 Å². The minimum Gasteiger partial charge on any atom is -0.490 e. The number of morpholine rings is 1. The number of amides is 2. The molecule has 2 aliphatic rings. The molecule has 0 bridgehead atoms. The van der Waals surface area contributed by atoms with E-state index in [1.54, 1.807) is 6.08 Å². The summed E-state index contributed by atoms with van der Waals surface area (Å²) in [6.45, 7) is 7.86. The topological polar surface area (TPSA) is 68.3 Å². The zero-order valence-electron chi connectivity index (χ0n) is 15.6. The van der Waals surface area contributed by atoms with Gasteiger partial charge >= 0.3 is 0 Å². The fourth-order valence-corrected chi connectivity index (χ4v) is 3.70. The Hall–Kier alpha value is -2.03. The van der Waals surface area contributed by atoms with E-state index in [-0.39, 0.29) is 11.1 Å². The van der Waals surface area contributed by atoms with Crippen LogP contribution in [-0.4, -0.2) is 67.1 Å². The number of carbonyl (C=O) groups excluding carboxylic acids is 2. The highest BCUT2D eigenvalue weighted by atomic mass is 32.2. The summed E-state index contributed by atoms with van der Waals surface area (Å²) in [5, 5.41) is -0.242. The van der Waals surface area contributed by atoms with Gasteiger partial charge in [-0.2, -0.15) is 0 Å². The van der Waals surface area contributed by atoms with Crippen LogP contribution in [0.2, 0.25) is 0 Å². The van der Waals surface area contributed by atoms with Crippen molar-refractivity contribution in [2.75, 3.05) is 46.2 Å². The van der Waals surface area contributed by atoms with Crippen LogP contribution in [0.4, 0.5) is 4.79 Å². The van der Waals surface area contributed by atoms with Gasteiger partial charge in [-0.1, -0.05) is 6.07 Å². The normalized spacial score (nSPS) is 19.8. The van der Waals surface area contributed by atoms with Crippen LogP contribution in [0.3, 0.4) is 0 Å². The number of hydrogen-bond acceptors (Lipinski definition) is 7. The number of benzene rings is 1. The van der Waals surface area contributed by atoms with Crippen LogP contribution < -0.4 is 9.47 Å². The smallest absolute Gasteiger partial charge is 0.294 e. The molecule has 8 heteroatoms. The average molecular weight is 392 g/mol. The Morgan fingerprint density at radius 2 is 1.81 bits per heavy atom. The predicted molar refractivity (Wildman–Crippen MR) is 104 cm³/mol. The molecule has 2 heterocycles. The Morgan fingerprint density at radius 1 is 1.11 bits per heavy atom. The Balaban J connectivity index is 1.75. The van der Waals surface area contributed by atoms with Crippen molar-refractivity contribution in [1.82, 2.24) is 9.80 Å². The molecule has 2 saturated heterocycles. The van der Waals surface area contributed by atoms with Gasteiger partial charge in [0.05, 0.1) is 38.0 Å². The van der Waals surface area contributed by atoms with Crippen LogP contribution in [0.15, 0.2) is 23.1 Å². The first kappa shape index (κ1) is 19.7. The molecule has 0 unspecified atom stereocenters. The number of hydrogen-bond donors (Lipinski definition) is 0. The predicted octanol–water partition coefficient (Wildman–Crippen LogP) is 2.81. The van der Waals surface area contributed by atoms with Crippen LogP contribution in [-0.2, 0) is 9.53 Å². The molecule has 27 heavy (non-hydrogen) atoms. The van der Waals surface area contributed by atoms with Crippen LogP contribution in [0.5, 0.6) is 11.5 Å². The third kappa shape index (κ3) is 4.82. The third-order valence-electron chi connectivity index (χ3n) is 4.18. The Bertz CT molecular complexity index is 731. The zero-order valence-corrected chi connectivity index (χ0v) is 16.4. The molecule has 2 aliphatic heterocycles. The summed E-state index contributed by atoms with van der Waals surface area (Å²) in [5.74, 6) is 1.03. The van der Waals surface area contributed by atoms with Crippen molar-refractivity contribution in [3.05, 3.63) is 28.7 Å². The summed E-state index contributed by atoms with van der Waals surface area (Å²) in [6, 6.07) is 5.49. The number of thioether (sulfide) groups is 1. The fourth-order valence-electron chi connectivity index (χ4n) is 2.87. The van der Waals surface area contributed by atoms with Crippen molar-refractivity contribution >= 4 is 29.0 Å². The number of nitrogens with zero attached hydrogens (tertiary/aromatic N) is 2. The molecule has 0 atom stereocenters. The van der Waals surface area contributed by atoms with Crippen LogP contribution in [0.1, 0.15) is 19.4 Å². The molecule has 0 aromatic heterocycles. The standard InChI is InChI=1S/C19H24N2O5S/c1-3-25-15-6-5-14(11-16(15)26-4-2)12-17-18(22)21(19(23)27-17)13-20-7-9-24-10-8-20/h5-6,11-12H,3-4,7-10,13H2,1-2H3. The maximum Gasteiger partial charge on any atom is 0.294 e. The molecule has 3 rings (SSSR count). The number of carbonyl (C=O) groups is 2. The van der Waals surface area contributed by atoms with Crippen molar-refractivity contribution in [2.45, 2.75) is 13.8 Å². The fraction of sp³-hybridized carbons (Fsp3) is 0.474. The Labute approximate surface area is 163 Å². The van der Waals surface area contributed by atoms with E-state index in [2.05, 4.69) is 0 Å². The van der Waals surface area contributed by atoms with Gasteiger partial charge in [-0.25, -0.2) is 0 Å². The first-order chi connectivity index (χ1) is 13.1. The van der Waals surface area contributed by atoms with Gasteiger partial charge in [0.1, 0.15) is 0 Å². The van der Waals surface area contributed by atoms with E-state index >= 15 is 0 Å². The maximum absolute atomic E-state index is 12.7. The Kier molecular flexibility index (Phi) is 6.76. The van der Waals surface area contributed by atoms with Crippen LogP contribution >= 0.6 is 11.8 Å². The first-order valence-corrected chi connectivity index (χ1v) is 9.89. The molecule has 146 valence electrons. The Morgan fingerprint density at radius 3 is 2.52 bits per heavy atom. The second kappa shape index (κ2) is 9.25. The van der Waals surface area contributed by atoms with Gasteiger partial charge in [-0.05, 0) is 49.4 Å². The molecule has 2 amide bonds. The molecular weight excluding hydrogens is 368 g/mol. The van der Waals surface area contributed by atoms with E-state index in [4.69, 9.17) is 14.2 Å². The average Bonchev–Trinajstić information content (AvgIpc) is 2.92. The number of imide groups is 1. The molecule has 0 N–H and O–H groups in total. The van der Waals surface area contributed by atoms with Gasteiger partial charge in [0.25, 0.3) is 11.1 Å². The van der Waals surface area contributed by atoms with E-state index in [1.807, 2.05) is 36.9 Å². The summed E-state index contributed by atoms with van der Waals surface area (Å²) >= 11 is 0.967. The maximum atomic E-state index is 12.7. The van der Waals surface area contributed by atoms with Crippen molar-refractivity contribution in [3.8, 4) is 11.5 Å². The molecule has 0 aliphatic carbocycles. The largest absolute Gasteiger partial charge is 0.490 e. The summed E-state index contributed by atoms with van der Waals surface area (Å²) in [4.78, 5) is 28.7. The zero-order chi connectivity index (χ0) is 19.2. The van der Waals surface area contributed by atoms with E-state index in [0.717, 1.165) is 30.4 Å². The van der Waals surface area contributed by atoms with E-state index in [0.29, 0.717) is 49.5 Å². The number of rotatable bonds is 7. The molecule has 1 aromatic carbocycles. The van der Waals surface area contributed by atoms with Crippen molar-refractivity contribution in [1.29, 1.82) is 0 Å². The van der Waals surface area contributed by atoms with Gasteiger partial charge in [0.15, 0.2) is 11.5 Å². The summed E-state index contributed by atoms with van der Waals surface area (Å²) in [7, 11) is 0. The molecule has 1 aromatic rings. The lowest BCUT2D eigenvalue weighted by Crippen LogP contribution is -2.45. The van der Waals surface area contributed by atoms with E-state index < -0.39 is 0 Å². The summed E-state index contributed by atoms with van der Waals surface area (Å²) in [6.07, 6.45) is 1.72. The van der Waals surface area contributed by atoms with Crippen molar-refractivity contribution in [3.63, 3.8) is 0 Å². The van der Waals surface area contributed by atoms with Crippen LogP contribution in [0.25, 0.3) is 6.08 Å². The number of ether oxygens (including phenoxy) is 3. The van der Waals surface area contributed by atoms with Gasteiger partial charge < -0.3 is 14.2 Å². The minimum absolute atomic E-state index is 0.242. The summed E-state index contributed by atoms with van der Waals surface area (Å²) < 4.78 is 16.5. The SMILES string of the molecule is CCOc1ccc(C=C2SC(=O)N(CN3CCOCC3)C2=O)cc1OCC. The highest BCUT2D eigenvalue weighted by Crippen LogP contribution is 2.34. The van der Waals surface area contributed by atoms with Crippen molar-refractivity contribution in [2.24, 2.45) is 0 Å².